The number of nitrogens with one attached hydrogen (secondary N) is 1. The van der Waals surface area contributed by atoms with Crippen molar-refractivity contribution in [2.75, 3.05) is 31.1 Å². The number of amides is 1. The number of pyridine rings is 1. The maximum Gasteiger partial charge on any atom is 0.246 e. The Hall–Kier alpha value is -2.63. The molecular formula is C20H27IN8O. The Morgan fingerprint density at radius 3 is 2.77 bits per heavy atom. The highest BCUT2D eigenvalue weighted by molar-refractivity contribution is 14.0. The van der Waals surface area contributed by atoms with Crippen molar-refractivity contribution < 1.29 is 4.79 Å². The van der Waals surface area contributed by atoms with Crippen LogP contribution in [0.15, 0.2) is 41.8 Å². The first-order valence-corrected chi connectivity index (χ1v) is 9.81. The third-order valence-electron chi connectivity index (χ3n) is 4.99. The van der Waals surface area contributed by atoms with Crippen molar-refractivity contribution in [3.8, 4) is 0 Å². The molecule has 3 aromatic heterocycles. The van der Waals surface area contributed by atoms with Gasteiger partial charge in [0.15, 0.2) is 5.96 Å². The second-order valence-electron chi connectivity index (χ2n) is 7.14. The number of anilines is 1. The van der Waals surface area contributed by atoms with Gasteiger partial charge in [-0.2, -0.15) is 5.10 Å². The second-order valence-corrected chi connectivity index (χ2v) is 7.14. The molecule has 0 aliphatic carbocycles. The van der Waals surface area contributed by atoms with Crippen LogP contribution in [0.25, 0.3) is 5.65 Å². The fourth-order valence-electron chi connectivity index (χ4n) is 3.53. The van der Waals surface area contributed by atoms with E-state index in [9.17, 15) is 4.79 Å². The molecule has 160 valence electrons. The van der Waals surface area contributed by atoms with Gasteiger partial charge in [-0.05, 0) is 26.0 Å². The lowest BCUT2D eigenvalue weighted by atomic mass is 10.3. The number of aryl methyl sites for hydroxylation is 2. The Kier molecular flexibility index (Phi) is 6.95. The van der Waals surface area contributed by atoms with Gasteiger partial charge >= 0.3 is 0 Å². The van der Waals surface area contributed by atoms with E-state index in [0.717, 1.165) is 35.2 Å². The van der Waals surface area contributed by atoms with Crippen LogP contribution in [0, 0.1) is 6.92 Å². The smallest absolute Gasteiger partial charge is 0.246 e. The summed E-state index contributed by atoms with van der Waals surface area (Å²) in [6.07, 6.45) is 5.60. The Labute approximate surface area is 192 Å². The van der Waals surface area contributed by atoms with Gasteiger partial charge in [0.2, 0.25) is 5.91 Å². The van der Waals surface area contributed by atoms with E-state index in [1.807, 2.05) is 43.4 Å². The summed E-state index contributed by atoms with van der Waals surface area (Å²) in [6, 6.07) is 6.04. The van der Waals surface area contributed by atoms with E-state index in [4.69, 9.17) is 4.99 Å². The zero-order valence-corrected chi connectivity index (χ0v) is 19.8. The SMILES string of the molecule is CCNC(=NCc1cn2c(C)cccc2n1)N1CCN(c2cnn(C)c2)C(=O)C1.I. The molecule has 0 saturated carbocycles. The number of guanidine groups is 1. The number of hydrogen-bond donors (Lipinski definition) is 1. The average Bonchev–Trinajstić information content (AvgIpc) is 3.32. The molecule has 1 amide bonds. The molecule has 1 aliphatic heterocycles. The average molecular weight is 522 g/mol. The van der Waals surface area contributed by atoms with Crippen molar-refractivity contribution in [3.63, 3.8) is 0 Å². The van der Waals surface area contributed by atoms with Crippen LogP contribution in [0.4, 0.5) is 5.69 Å². The summed E-state index contributed by atoms with van der Waals surface area (Å²) in [5, 5.41) is 7.46. The normalized spacial score (nSPS) is 14.9. The van der Waals surface area contributed by atoms with Gasteiger partial charge in [0, 0.05) is 44.8 Å². The van der Waals surface area contributed by atoms with Crippen molar-refractivity contribution >= 4 is 47.2 Å². The second kappa shape index (κ2) is 9.45. The quantitative estimate of drug-likeness (QED) is 0.321. The summed E-state index contributed by atoms with van der Waals surface area (Å²) in [4.78, 5) is 25.9. The largest absolute Gasteiger partial charge is 0.356 e. The number of aliphatic imine (C=N–C) groups is 1. The van der Waals surface area contributed by atoms with Crippen LogP contribution in [0.3, 0.4) is 0 Å². The lowest BCUT2D eigenvalue weighted by Crippen LogP contribution is -2.55. The molecule has 1 N–H and O–H groups in total. The van der Waals surface area contributed by atoms with Crippen molar-refractivity contribution in [1.29, 1.82) is 0 Å². The topological polar surface area (TPSA) is 83.1 Å². The maximum absolute atomic E-state index is 12.7. The number of rotatable bonds is 4. The van der Waals surface area contributed by atoms with Crippen molar-refractivity contribution in [1.82, 2.24) is 29.4 Å². The highest BCUT2D eigenvalue weighted by atomic mass is 127. The molecule has 4 heterocycles. The van der Waals surface area contributed by atoms with Crippen LogP contribution >= 0.6 is 24.0 Å². The fourth-order valence-corrected chi connectivity index (χ4v) is 3.53. The minimum atomic E-state index is 0. The first kappa shape index (κ1) is 22.1. The predicted octanol–water partition coefficient (Wildman–Crippen LogP) is 1.81. The Balaban J connectivity index is 0.00000256. The molecule has 0 radical (unpaired) electrons. The van der Waals surface area contributed by atoms with E-state index in [1.54, 1.807) is 15.8 Å². The molecule has 0 atom stereocenters. The summed E-state index contributed by atoms with van der Waals surface area (Å²) >= 11 is 0. The van der Waals surface area contributed by atoms with Gasteiger partial charge in [0.1, 0.15) is 12.2 Å². The van der Waals surface area contributed by atoms with Gasteiger partial charge in [-0.1, -0.05) is 6.07 Å². The van der Waals surface area contributed by atoms with Gasteiger partial charge in [-0.25, -0.2) is 9.98 Å². The molecule has 1 aliphatic rings. The van der Waals surface area contributed by atoms with Crippen molar-refractivity contribution in [2.24, 2.45) is 12.0 Å². The number of piperazine rings is 1. The molecule has 1 fully saturated rings. The van der Waals surface area contributed by atoms with E-state index in [0.29, 0.717) is 19.6 Å². The van der Waals surface area contributed by atoms with Crippen LogP contribution in [-0.2, 0) is 18.4 Å². The Morgan fingerprint density at radius 1 is 1.27 bits per heavy atom. The summed E-state index contributed by atoms with van der Waals surface area (Å²) in [5.41, 5.74) is 3.78. The first-order chi connectivity index (χ1) is 14.0. The highest BCUT2D eigenvalue weighted by Crippen LogP contribution is 2.16. The summed E-state index contributed by atoms with van der Waals surface area (Å²) in [7, 11) is 1.85. The van der Waals surface area contributed by atoms with Crippen molar-refractivity contribution in [2.45, 2.75) is 20.4 Å². The van der Waals surface area contributed by atoms with Gasteiger partial charge in [0.25, 0.3) is 0 Å². The van der Waals surface area contributed by atoms with Crippen LogP contribution in [0.5, 0.6) is 0 Å². The molecule has 4 rings (SSSR count). The Bertz CT molecular complexity index is 1060. The minimum Gasteiger partial charge on any atom is -0.356 e. The summed E-state index contributed by atoms with van der Waals surface area (Å²) in [5.74, 6) is 0.777. The highest BCUT2D eigenvalue weighted by Gasteiger charge is 2.27. The van der Waals surface area contributed by atoms with E-state index in [-0.39, 0.29) is 36.4 Å². The van der Waals surface area contributed by atoms with Gasteiger partial charge in [-0.15, -0.1) is 24.0 Å². The van der Waals surface area contributed by atoms with Gasteiger partial charge in [0.05, 0.1) is 24.1 Å². The molecule has 1 saturated heterocycles. The molecule has 0 aromatic carbocycles. The van der Waals surface area contributed by atoms with E-state index in [1.165, 1.54) is 0 Å². The zero-order chi connectivity index (χ0) is 20.4. The number of hydrogen-bond acceptors (Lipinski definition) is 4. The number of carbonyl (C=O) groups is 1. The van der Waals surface area contributed by atoms with Gasteiger partial charge < -0.3 is 19.5 Å². The molecule has 0 bridgehead atoms. The predicted molar refractivity (Wildman–Crippen MR) is 127 cm³/mol. The number of imidazole rings is 1. The fraction of sp³-hybridized carbons (Fsp3) is 0.400. The number of halogens is 1. The summed E-state index contributed by atoms with van der Waals surface area (Å²) in [6.45, 7) is 6.86. The lowest BCUT2D eigenvalue weighted by Gasteiger charge is -2.35. The number of fused-ring (bicyclic) bond motifs is 1. The van der Waals surface area contributed by atoms with E-state index in [2.05, 4.69) is 32.8 Å². The zero-order valence-electron chi connectivity index (χ0n) is 17.4. The molecule has 0 unspecified atom stereocenters. The van der Waals surface area contributed by atoms with E-state index >= 15 is 0 Å². The molecular weight excluding hydrogens is 495 g/mol. The first-order valence-electron chi connectivity index (χ1n) is 9.81. The standard InChI is InChI=1S/C20H26N8O.HI/c1-4-21-20(22-10-16-12-28-15(2)6-5-7-18(28)24-16)26-8-9-27(19(29)14-26)17-11-23-25(3)13-17;/h5-7,11-13H,4,8-10,14H2,1-3H3,(H,21,22);1H. The number of nitrogens with zero attached hydrogens (tertiary/aromatic N) is 7. The number of carbonyl (C=O) groups excluding carboxylic acids is 1. The molecule has 10 heteroatoms. The van der Waals surface area contributed by atoms with Crippen LogP contribution in [0.2, 0.25) is 0 Å². The lowest BCUT2D eigenvalue weighted by molar-refractivity contribution is -0.120. The van der Waals surface area contributed by atoms with E-state index < -0.39 is 0 Å². The maximum atomic E-state index is 12.7. The minimum absolute atomic E-state index is 0. The van der Waals surface area contributed by atoms with Crippen LogP contribution in [0.1, 0.15) is 18.3 Å². The molecule has 9 nitrogen and oxygen atoms in total. The monoisotopic (exact) mass is 522 g/mol. The third-order valence-corrected chi connectivity index (χ3v) is 4.99. The third kappa shape index (κ3) is 4.58. The molecule has 30 heavy (non-hydrogen) atoms. The Morgan fingerprint density at radius 2 is 2.10 bits per heavy atom. The van der Waals surface area contributed by atoms with Crippen LogP contribution in [-0.4, -0.2) is 62.1 Å². The molecule has 3 aromatic rings. The molecule has 0 spiro atoms. The van der Waals surface area contributed by atoms with Crippen molar-refractivity contribution in [3.05, 3.63) is 48.2 Å². The summed E-state index contributed by atoms with van der Waals surface area (Å²) < 4.78 is 3.77. The number of aromatic nitrogens is 4. The van der Waals surface area contributed by atoms with Crippen LogP contribution < -0.4 is 10.2 Å². The van der Waals surface area contributed by atoms with Gasteiger partial charge in [-0.3, -0.25) is 9.48 Å².